The molecule has 18 heavy (non-hydrogen) atoms. The summed E-state index contributed by atoms with van der Waals surface area (Å²) in [6.07, 6.45) is 3.03. The fourth-order valence-electron chi connectivity index (χ4n) is 1.37. The molecule has 0 aliphatic heterocycles. The van der Waals surface area contributed by atoms with E-state index in [1.54, 1.807) is 24.4 Å². The number of benzene rings is 1. The minimum Gasteiger partial charge on any atom is -0.421 e. The zero-order valence-corrected chi connectivity index (χ0v) is 11.8. The van der Waals surface area contributed by atoms with E-state index in [0.717, 1.165) is 5.56 Å². The van der Waals surface area contributed by atoms with Crippen molar-refractivity contribution in [3.8, 4) is 5.75 Å². The van der Waals surface area contributed by atoms with Crippen LogP contribution in [0.1, 0.15) is 15.9 Å². The summed E-state index contributed by atoms with van der Waals surface area (Å²) in [6, 6.07) is 6.89. The molecule has 0 saturated heterocycles. The van der Waals surface area contributed by atoms with E-state index in [0.29, 0.717) is 20.8 Å². The van der Waals surface area contributed by atoms with Crippen LogP contribution in [0.4, 0.5) is 0 Å². The molecule has 0 saturated carbocycles. The number of hydrogen-bond donors (Lipinski definition) is 0. The van der Waals surface area contributed by atoms with Gasteiger partial charge in [-0.1, -0.05) is 17.7 Å². The number of rotatable bonds is 2. The second kappa shape index (κ2) is 5.50. The summed E-state index contributed by atoms with van der Waals surface area (Å²) in [4.78, 5) is 15.8. The molecule has 0 aliphatic rings. The number of halogens is 2. The van der Waals surface area contributed by atoms with Crippen molar-refractivity contribution >= 4 is 33.5 Å². The summed E-state index contributed by atoms with van der Waals surface area (Å²) in [5, 5.41) is 0.400. The number of ether oxygens (including phenoxy) is 1. The largest absolute Gasteiger partial charge is 0.421 e. The molecule has 0 aliphatic carbocycles. The summed E-state index contributed by atoms with van der Waals surface area (Å²) >= 11 is 9.20. The highest BCUT2D eigenvalue weighted by atomic mass is 79.9. The molecule has 0 fully saturated rings. The van der Waals surface area contributed by atoms with E-state index in [-0.39, 0.29) is 0 Å². The van der Waals surface area contributed by atoms with Gasteiger partial charge in [0.25, 0.3) is 0 Å². The zero-order valence-electron chi connectivity index (χ0n) is 9.48. The maximum atomic E-state index is 11.9. The van der Waals surface area contributed by atoms with E-state index in [4.69, 9.17) is 16.3 Å². The van der Waals surface area contributed by atoms with Gasteiger partial charge >= 0.3 is 5.97 Å². The van der Waals surface area contributed by atoms with Crippen LogP contribution in [-0.2, 0) is 0 Å². The highest BCUT2D eigenvalue weighted by molar-refractivity contribution is 9.10. The van der Waals surface area contributed by atoms with Gasteiger partial charge in [0.1, 0.15) is 5.75 Å². The fraction of sp³-hybridized carbons (Fsp3) is 0.0769. The molecular weight excluding hydrogens is 318 g/mol. The van der Waals surface area contributed by atoms with Gasteiger partial charge in [0, 0.05) is 16.9 Å². The van der Waals surface area contributed by atoms with E-state index in [1.165, 1.54) is 6.20 Å². The molecule has 0 amide bonds. The molecule has 0 atom stereocenters. The Morgan fingerprint density at radius 2 is 2.11 bits per heavy atom. The van der Waals surface area contributed by atoms with Crippen LogP contribution in [0.3, 0.4) is 0 Å². The molecule has 0 spiro atoms. The number of carbonyl (C=O) groups excluding carboxylic acids is 1. The third-order valence-corrected chi connectivity index (χ3v) is 2.98. The van der Waals surface area contributed by atoms with Crippen molar-refractivity contribution in [3.05, 3.63) is 57.3 Å². The lowest BCUT2D eigenvalue weighted by Gasteiger charge is -2.07. The number of nitrogens with zero attached hydrogens (tertiary/aromatic N) is 1. The molecule has 1 aromatic heterocycles. The predicted octanol–water partition coefficient (Wildman–Crippen LogP) is 4.03. The average Bonchev–Trinajstić information content (AvgIpc) is 2.34. The quantitative estimate of drug-likeness (QED) is 0.618. The Balaban J connectivity index is 2.24. The average molecular weight is 327 g/mol. The molecule has 2 aromatic rings. The minimum atomic E-state index is -0.490. The normalized spacial score (nSPS) is 10.2. The third-order valence-electron chi connectivity index (χ3n) is 2.23. The van der Waals surface area contributed by atoms with Gasteiger partial charge in [0.2, 0.25) is 0 Å². The summed E-state index contributed by atoms with van der Waals surface area (Å²) in [5.74, 6) is -0.141. The first-order chi connectivity index (χ1) is 8.56. The van der Waals surface area contributed by atoms with Gasteiger partial charge < -0.3 is 4.74 Å². The SMILES string of the molecule is Cc1ccc(Cl)c(OC(=O)c2cncc(Br)c2)c1. The summed E-state index contributed by atoms with van der Waals surface area (Å²) in [7, 11) is 0. The number of carbonyl (C=O) groups is 1. The van der Waals surface area contributed by atoms with Gasteiger partial charge in [0.05, 0.1) is 10.6 Å². The number of pyridine rings is 1. The molecule has 1 aromatic carbocycles. The molecule has 0 radical (unpaired) electrons. The molecule has 3 nitrogen and oxygen atoms in total. The molecule has 5 heteroatoms. The maximum Gasteiger partial charge on any atom is 0.345 e. The number of hydrogen-bond acceptors (Lipinski definition) is 3. The van der Waals surface area contributed by atoms with Crippen LogP contribution in [0, 0.1) is 6.92 Å². The van der Waals surface area contributed by atoms with Gasteiger partial charge in [0.15, 0.2) is 0 Å². The molecule has 0 N–H and O–H groups in total. The Labute approximate surface area is 118 Å². The van der Waals surface area contributed by atoms with Crippen LogP contribution in [0.5, 0.6) is 5.75 Å². The summed E-state index contributed by atoms with van der Waals surface area (Å²) < 4.78 is 5.95. The monoisotopic (exact) mass is 325 g/mol. The van der Waals surface area contributed by atoms with Crippen molar-refractivity contribution in [1.82, 2.24) is 4.98 Å². The van der Waals surface area contributed by atoms with Crippen molar-refractivity contribution in [2.24, 2.45) is 0 Å². The molecule has 0 unspecified atom stereocenters. The fourth-order valence-corrected chi connectivity index (χ4v) is 1.89. The van der Waals surface area contributed by atoms with Crippen molar-refractivity contribution in [2.75, 3.05) is 0 Å². The molecule has 2 rings (SSSR count). The second-order valence-corrected chi connectivity index (χ2v) is 5.04. The lowest BCUT2D eigenvalue weighted by atomic mass is 10.2. The first-order valence-electron chi connectivity index (χ1n) is 5.15. The summed E-state index contributed by atoms with van der Waals surface area (Å²) in [6.45, 7) is 1.90. The minimum absolute atomic E-state index is 0.349. The summed E-state index contributed by atoms with van der Waals surface area (Å²) in [5.41, 5.74) is 1.33. The van der Waals surface area contributed by atoms with Crippen LogP contribution in [-0.4, -0.2) is 11.0 Å². The van der Waals surface area contributed by atoms with Gasteiger partial charge in [-0.25, -0.2) is 4.79 Å². The van der Waals surface area contributed by atoms with E-state index >= 15 is 0 Å². The Hall–Kier alpha value is -1.39. The lowest BCUT2D eigenvalue weighted by molar-refractivity contribution is 0.0734. The van der Waals surface area contributed by atoms with Crippen LogP contribution >= 0.6 is 27.5 Å². The Bertz CT molecular complexity index is 601. The number of esters is 1. The topological polar surface area (TPSA) is 39.2 Å². The highest BCUT2D eigenvalue weighted by Gasteiger charge is 2.11. The Kier molecular flexibility index (Phi) is 3.99. The highest BCUT2D eigenvalue weighted by Crippen LogP contribution is 2.26. The second-order valence-electron chi connectivity index (χ2n) is 3.72. The van der Waals surface area contributed by atoms with Gasteiger partial charge in [-0.05, 0) is 46.6 Å². The van der Waals surface area contributed by atoms with Gasteiger partial charge in [-0.2, -0.15) is 0 Å². The smallest absolute Gasteiger partial charge is 0.345 e. The standard InChI is InChI=1S/C13H9BrClNO2/c1-8-2-3-11(15)12(4-8)18-13(17)9-5-10(14)7-16-6-9/h2-7H,1H3. The predicted molar refractivity (Wildman–Crippen MR) is 73.1 cm³/mol. The zero-order chi connectivity index (χ0) is 13.1. The van der Waals surface area contributed by atoms with E-state index < -0.39 is 5.97 Å². The van der Waals surface area contributed by atoms with Crippen LogP contribution in [0.25, 0.3) is 0 Å². The number of aromatic nitrogens is 1. The van der Waals surface area contributed by atoms with Gasteiger partial charge in [-0.15, -0.1) is 0 Å². The van der Waals surface area contributed by atoms with E-state index in [2.05, 4.69) is 20.9 Å². The molecule has 92 valence electrons. The third kappa shape index (κ3) is 3.09. The van der Waals surface area contributed by atoms with Crippen molar-refractivity contribution in [3.63, 3.8) is 0 Å². The van der Waals surface area contributed by atoms with Gasteiger partial charge in [-0.3, -0.25) is 4.98 Å². The van der Waals surface area contributed by atoms with Crippen LogP contribution in [0.2, 0.25) is 5.02 Å². The van der Waals surface area contributed by atoms with Crippen molar-refractivity contribution in [2.45, 2.75) is 6.92 Å². The Morgan fingerprint density at radius 1 is 1.33 bits per heavy atom. The van der Waals surface area contributed by atoms with Crippen molar-refractivity contribution in [1.29, 1.82) is 0 Å². The molecule has 0 bridgehead atoms. The first-order valence-corrected chi connectivity index (χ1v) is 6.32. The molecular formula is C13H9BrClNO2. The van der Waals surface area contributed by atoms with E-state index in [1.807, 2.05) is 13.0 Å². The van der Waals surface area contributed by atoms with Crippen LogP contribution < -0.4 is 4.74 Å². The Morgan fingerprint density at radius 3 is 2.83 bits per heavy atom. The molecule has 1 heterocycles. The van der Waals surface area contributed by atoms with E-state index in [9.17, 15) is 4.79 Å². The first kappa shape index (κ1) is 13.1. The maximum absolute atomic E-state index is 11.9. The van der Waals surface area contributed by atoms with Crippen LogP contribution in [0.15, 0.2) is 41.1 Å². The van der Waals surface area contributed by atoms with Crippen molar-refractivity contribution < 1.29 is 9.53 Å². The number of aryl methyl sites for hydroxylation is 1. The lowest BCUT2D eigenvalue weighted by Crippen LogP contribution is -2.09.